The lowest BCUT2D eigenvalue weighted by atomic mass is 9.87. The molecular formula is C25H27N3O3S. The van der Waals surface area contributed by atoms with Crippen LogP contribution in [-0.4, -0.2) is 28.7 Å². The highest BCUT2D eigenvalue weighted by atomic mass is 32.2. The van der Waals surface area contributed by atoms with Gasteiger partial charge >= 0.3 is 0 Å². The number of hydrogen-bond acceptors (Lipinski definition) is 4. The quantitative estimate of drug-likeness (QED) is 0.579. The molecular weight excluding hydrogens is 422 g/mol. The number of nitrogens with zero attached hydrogens (tertiary/aromatic N) is 1. The number of nitrogens with one attached hydrogen (secondary N) is 2. The number of benzene rings is 1. The Morgan fingerprint density at radius 3 is 2.72 bits per heavy atom. The number of pyridine rings is 1. The SMILES string of the molecule is CC1=CC(c2ccccc2NCC2CC2)=CCC1(C)S(=O)(=O)n1ccc2cc[nH]c(=O)c21. The van der Waals surface area contributed by atoms with E-state index in [1.807, 2.05) is 31.2 Å². The molecule has 0 amide bonds. The lowest BCUT2D eigenvalue weighted by Crippen LogP contribution is -2.41. The molecule has 1 atom stereocenters. The van der Waals surface area contributed by atoms with Crippen LogP contribution in [0.25, 0.3) is 16.5 Å². The molecule has 166 valence electrons. The molecule has 2 aromatic heterocycles. The summed E-state index contributed by atoms with van der Waals surface area (Å²) in [5.41, 5.74) is 3.67. The van der Waals surface area contributed by atoms with Crippen LogP contribution in [-0.2, 0) is 10.0 Å². The van der Waals surface area contributed by atoms with Crippen LogP contribution in [0.4, 0.5) is 5.69 Å². The van der Waals surface area contributed by atoms with Crippen molar-refractivity contribution in [3.8, 4) is 0 Å². The largest absolute Gasteiger partial charge is 0.384 e. The van der Waals surface area contributed by atoms with E-state index in [9.17, 15) is 13.2 Å². The van der Waals surface area contributed by atoms with Gasteiger partial charge in [-0.1, -0.05) is 30.4 Å². The van der Waals surface area contributed by atoms with Gasteiger partial charge in [0.25, 0.3) is 5.56 Å². The van der Waals surface area contributed by atoms with Crippen molar-refractivity contribution in [2.45, 2.75) is 37.9 Å². The van der Waals surface area contributed by atoms with Crippen molar-refractivity contribution >= 4 is 32.2 Å². The smallest absolute Gasteiger partial charge is 0.273 e. The molecule has 1 unspecified atom stereocenters. The van der Waals surface area contributed by atoms with Crippen molar-refractivity contribution in [1.29, 1.82) is 0 Å². The number of aromatic amines is 1. The fraction of sp³-hybridized carbons (Fsp3) is 0.320. The fourth-order valence-corrected chi connectivity index (χ4v) is 6.20. The van der Waals surface area contributed by atoms with E-state index >= 15 is 0 Å². The minimum absolute atomic E-state index is 0.158. The third kappa shape index (κ3) is 3.32. The molecule has 7 heteroatoms. The average Bonchev–Trinajstić information content (AvgIpc) is 3.50. The summed E-state index contributed by atoms with van der Waals surface area (Å²) >= 11 is 0. The third-order valence-corrected chi connectivity index (χ3v) is 9.29. The van der Waals surface area contributed by atoms with E-state index in [1.165, 1.54) is 25.2 Å². The Kier molecular flexibility index (Phi) is 4.89. The molecule has 1 fully saturated rings. The number of fused-ring (bicyclic) bond motifs is 1. The van der Waals surface area contributed by atoms with Crippen LogP contribution in [0.1, 0.15) is 38.7 Å². The highest BCUT2D eigenvalue weighted by Gasteiger charge is 2.43. The van der Waals surface area contributed by atoms with Crippen LogP contribution in [0.3, 0.4) is 0 Å². The molecule has 2 aliphatic carbocycles. The zero-order valence-electron chi connectivity index (χ0n) is 18.3. The maximum absolute atomic E-state index is 13.8. The summed E-state index contributed by atoms with van der Waals surface area (Å²) in [7, 11) is -3.88. The third-order valence-electron chi connectivity index (χ3n) is 6.84. The summed E-state index contributed by atoms with van der Waals surface area (Å²) in [6.07, 6.45) is 9.86. The first-order chi connectivity index (χ1) is 15.3. The Morgan fingerprint density at radius 1 is 1.19 bits per heavy atom. The molecule has 0 spiro atoms. The minimum atomic E-state index is -3.88. The molecule has 2 heterocycles. The summed E-state index contributed by atoms with van der Waals surface area (Å²) < 4.78 is 27.5. The molecule has 5 rings (SSSR count). The molecule has 0 aliphatic heterocycles. The standard InChI is InChI=1S/C25H27N3O3S/c1-17-15-20(21-5-3-4-6-22(21)27-16-18-7-8-18)9-12-25(17,2)32(30,31)28-14-11-19-10-13-26-24(29)23(19)28/h3-6,9-11,13-15,18,27H,7-8,12,16H2,1-2H3,(H,26,29). The molecule has 32 heavy (non-hydrogen) atoms. The van der Waals surface area contributed by atoms with Crippen LogP contribution in [0.15, 0.2) is 71.3 Å². The van der Waals surface area contributed by atoms with Gasteiger partial charge < -0.3 is 10.3 Å². The molecule has 2 aliphatic rings. The van der Waals surface area contributed by atoms with Crippen molar-refractivity contribution in [3.63, 3.8) is 0 Å². The Hall–Kier alpha value is -3.06. The van der Waals surface area contributed by atoms with Crippen molar-refractivity contribution < 1.29 is 8.42 Å². The van der Waals surface area contributed by atoms with Crippen LogP contribution in [0, 0.1) is 5.92 Å². The van der Waals surface area contributed by atoms with Gasteiger partial charge in [0.1, 0.15) is 10.3 Å². The highest BCUT2D eigenvalue weighted by molar-refractivity contribution is 7.91. The molecule has 0 saturated heterocycles. The predicted molar refractivity (Wildman–Crippen MR) is 129 cm³/mol. The van der Waals surface area contributed by atoms with Crippen LogP contribution in [0.2, 0.25) is 0 Å². The summed E-state index contributed by atoms with van der Waals surface area (Å²) in [6, 6.07) is 11.5. The number of para-hydroxylation sites is 1. The Balaban J connectivity index is 1.51. The average molecular weight is 450 g/mol. The second kappa shape index (κ2) is 7.52. The lowest BCUT2D eigenvalue weighted by Gasteiger charge is -2.33. The molecule has 6 nitrogen and oxygen atoms in total. The van der Waals surface area contributed by atoms with Gasteiger partial charge in [-0.05, 0) is 68.4 Å². The van der Waals surface area contributed by atoms with Gasteiger partial charge in [0, 0.05) is 35.6 Å². The van der Waals surface area contributed by atoms with Crippen LogP contribution >= 0.6 is 0 Å². The van der Waals surface area contributed by atoms with Gasteiger partial charge in [-0.15, -0.1) is 0 Å². The van der Waals surface area contributed by atoms with Gasteiger partial charge in [0.2, 0.25) is 10.0 Å². The van der Waals surface area contributed by atoms with Gasteiger partial charge in [-0.2, -0.15) is 0 Å². The first-order valence-electron chi connectivity index (χ1n) is 11.0. The van der Waals surface area contributed by atoms with Crippen molar-refractivity contribution in [1.82, 2.24) is 8.96 Å². The van der Waals surface area contributed by atoms with Gasteiger partial charge in [0.05, 0.1) is 0 Å². The number of rotatable bonds is 6. The number of hydrogen-bond donors (Lipinski definition) is 2. The van der Waals surface area contributed by atoms with E-state index in [4.69, 9.17) is 0 Å². The summed E-state index contributed by atoms with van der Waals surface area (Å²) in [6.45, 7) is 4.57. The lowest BCUT2D eigenvalue weighted by molar-refractivity contribution is 0.547. The summed E-state index contributed by atoms with van der Waals surface area (Å²) in [5.74, 6) is 0.758. The maximum atomic E-state index is 13.8. The molecule has 1 aromatic carbocycles. The van der Waals surface area contributed by atoms with Gasteiger partial charge in [0.15, 0.2) is 0 Å². The summed E-state index contributed by atoms with van der Waals surface area (Å²) in [4.78, 5) is 15.0. The zero-order valence-corrected chi connectivity index (χ0v) is 19.1. The van der Waals surface area contributed by atoms with Gasteiger partial charge in [-0.3, -0.25) is 4.79 Å². The van der Waals surface area contributed by atoms with Gasteiger partial charge in [-0.25, -0.2) is 12.4 Å². The fourth-order valence-electron chi connectivity index (χ4n) is 4.36. The van der Waals surface area contributed by atoms with E-state index in [1.54, 1.807) is 19.1 Å². The maximum Gasteiger partial charge on any atom is 0.273 e. The Labute approximate surface area is 187 Å². The first kappa shape index (κ1) is 20.8. The molecule has 0 bridgehead atoms. The Morgan fingerprint density at radius 2 is 1.97 bits per heavy atom. The normalized spacial score (nSPS) is 21.3. The number of H-pyrrole nitrogens is 1. The van der Waals surface area contributed by atoms with Crippen LogP contribution in [0.5, 0.6) is 0 Å². The van der Waals surface area contributed by atoms with E-state index in [0.29, 0.717) is 11.8 Å². The highest BCUT2D eigenvalue weighted by Crippen LogP contribution is 2.41. The number of allylic oxidation sites excluding steroid dienone is 3. The molecule has 2 N–H and O–H groups in total. The van der Waals surface area contributed by atoms with E-state index in [-0.39, 0.29) is 5.52 Å². The number of aromatic nitrogens is 2. The number of anilines is 1. The molecule has 3 aromatic rings. The minimum Gasteiger partial charge on any atom is -0.384 e. The van der Waals surface area contributed by atoms with Crippen LogP contribution < -0.4 is 10.9 Å². The van der Waals surface area contributed by atoms with E-state index in [0.717, 1.165) is 38.8 Å². The molecule has 1 saturated carbocycles. The van der Waals surface area contributed by atoms with E-state index < -0.39 is 20.3 Å². The van der Waals surface area contributed by atoms with E-state index in [2.05, 4.69) is 22.4 Å². The first-order valence-corrected chi connectivity index (χ1v) is 12.4. The van der Waals surface area contributed by atoms with Crippen molar-refractivity contribution in [2.24, 2.45) is 5.92 Å². The molecule has 0 radical (unpaired) electrons. The predicted octanol–water partition coefficient (Wildman–Crippen LogP) is 4.52. The van der Waals surface area contributed by atoms with Crippen molar-refractivity contribution in [2.75, 3.05) is 11.9 Å². The summed E-state index contributed by atoms with van der Waals surface area (Å²) in [5, 5.41) is 4.16. The second-order valence-electron chi connectivity index (χ2n) is 9.02. The topological polar surface area (TPSA) is 84.0 Å². The van der Waals surface area contributed by atoms with Crippen molar-refractivity contribution in [3.05, 3.63) is 82.4 Å². The monoisotopic (exact) mass is 449 g/mol. The second-order valence-corrected chi connectivity index (χ2v) is 11.3. The zero-order chi connectivity index (χ0) is 22.5. The Bertz CT molecular complexity index is 1420.